The fourth-order valence-electron chi connectivity index (χ4n) is 2.34. The van der Waals surface area contributed by atoms with Gasteiger partial charge < -0.3 is 20.3 Å². The van der Waals surface area contributed by atoms with Crippen molar-refractivity contribution < 1.29 is 9.53 Å². The van der Waals surface area contributed by atoms with E-state index in [9.17, 15) is 4.79 Å². The van der Waals surface area contributed by atoms with E-state index >= 15 is 0 Å². The molecule has 1 aromatic carbocycles. The van der Waals surface area contributed by atoms with Crippen molar-refractivity contribution >= 4 is 35.8 Å². The predicted molar refractivity (Wildman–Crippen MR) is 102 cm³/mol. The fourth-order valence-corrected chi connectivity index (χ4v) is 2.34. The van der Waals surface area contributed by atoms with Crippen LogP contribution in [-0.2, 0) is 16.1 Å². The third kappa shape index (κ3) is 6.34. The molecule has 7 heteroatoms. The summed E-state index contributed by atoms with van der Waals surface area (Å²) in [6, 6.07) is 9.87. The maximum atomic E-state index is 12.1. The molecule has 0 saturated carbocycles. The van der Waals surface area contributed by atoms with Gasteiger partial charge in [0.1, 0.15) is 6.54 Å². The second-order valence-corrected chi connectivity index (χ2v) is 5.54. The largest absolute Gasteiger partial charge is 0.375 e. The molecule has 1 atom stereocenters. The molecule has 0 aliphatic carbocycles. The van der Waals surface area contributed by atoms with Gasteiger partial charge in [-0.3, -0.25) is 4.79 Å². The van der Waals surface area contributed by atoms with Crippen LogP contribution in [0.5, 0.6) is 0 Å². The maximum absolute atomic E-state index is 12.1. The molecule has 1 aromatic rings. The Balaban J connectivity index is 0.00000264. The number of guanidine groups is 1. The Bertz CT molecular complexity index is 524. The van der Waals surface area contributed by atoms with Gasteiger partial charge in [-0.25, -0.2) is 4.99 Å². The van der Waals surface area contributed by atoms with E-state index < -0.39 is 0 Å². The monoisotopic (exact) mass is 432 g/mol. The Hall–Kier alpha value is -1.35. The highest BCUT2D eigenvalue weighted by Crippen LogP contribution is 2.05. The van der Waals surface area contributed by atoms with Crippen LogP contribution in [0, 0.1) is 0 Å². The number of rotatable bonds is 4. The number of benzene rings is 1. The molecule has 23 heavy (non-hydrogen) atoms. The van der Waals surface area contributed by atoms with Crippen molar-refractivity contribution in [3.63, 3.8) is 0 Å². The predicted octanol–water partition coefficient (Wildman–Crippen LogP) is 1.30. The van der Waals surface area contributed by atoms with Crippen LogP contribution in [0.15, 0.2) is 35.3 Å². The number of hydrogen-bond acceptors (Lipinski definition) is 3. The van der Waals surface area contributed by atoms with Crippen molar-refractivity contribution in [2.75, 3.05) is 33.3 Å². The van der Waals surface area contributed by atoms with Gasteiger partial charge >= 0.3 is 0 Å². The van der Waals surface area contributed by atoms with Crippen LogP contribution in [0.4, 0.5) is 0 Å². The zero-order chi connectivity index (χ0) is 15.9. The molecule has 0 radical (unpaired) electrons. The van der Waals surface area contributed by atoms with Gasteiger partial charge in [0.15, 0.2) is 5.96 Å². The smallest absolute Gasteiger partial charge is 0.244 e. The fraction of sp³-hybridized carbons (Fsp3) is 0.500. The molecule has 1 amide bonds. The molecule has 1 saturated heterocycles. The second-order valence-electron chi connectivity index (χ2n) is 5.54. The topological polar surface area (TPSA) is 71.2 Å². The van der Waals surface area contributed by atoms with Crippen LogP contribution in [0.2, 0.25) is 0 Å². The molecule has 1 unspecified atom stereocenters. The van der Waals surface area contributed by atoms with Gasteiger partial charge in [-0.15, -0.1) is 24.0 Å². The van der Waals surface area contributed by atoms with E-state index in [4.69, 9.17) is 10.5 Å². The zero-order valence-electron chi connectivity index (χ0n) is 13.6. The third-order valence-corrected chi connectivity index (χ3v) is 3.63. The Labute approximate surface area is 154 Å². The molecule has 0 spiro atoms. The number of halogens is 1. The summed E-state index contributed by atoms with van der Waals surface area (Å²) >= 11 is 0. The molecule has 2 N–H and O–H groups in total. The van der Waals surface area contributed by atoms with E-state index in [1.807, 2.05) is 42.2 Å². The van der Waals surface area contributed by atoms with Gasteiger partial charge in [-0.1, -0.05) is 30.3 Å². The SMILES string of the molecule is CC1CN(C(N)=NCC(=O)N(C)Cc2ccccc2)CCO1.I. The minimum Gasteiger partial charge on any atom is -0.375 e. The summed E-state index contributed by atoms with van der Waals surface area (Å²) in [6.07, 6.45) is 0.138. The van der Waals surface area contributed by atoms with Crippen molar-refractivity contribution in [1.29, 1.82) is 0 Å². The van der Waals surface area contributed by atoms with E-state index in [1.165, 1.54) is 0 Å². The van der Waals surface area contributed by atoms with Gasteiger partial charge in [-0.05, 0) is 12.5 Å². The van der Waals surface area contributed by atoms with E-state index in [0.29, 0.717) is 32.2 Å². The normalized spacial score (nSPS) is 18.3. The van der Waals surface area contributed by atoms with Gasteiger partial charge in [0.25, 0.3) is 0 Å². The lowest BCUT2D eigenvalue weighted by atomic mass is 10.2. The highest BCUT2D eigenvalue weighted by Gasteiger charge is 2.18. The third-order valence-electron chi connectivity index (χ3n) is 3.63. The van der Waals surface area contributed by atoms with E-state index in [1.54, 1.807) is 11.9 Å². The van der Waals surface area contributed by atoms with Crippen LogP contribution in [0.25, 0.3) is 0 Å². The van der Waals surface area contributed by atoms with Crippen LogP contribution in [-0.4, -0.2) is 61.1 Å². The molecule has 2 rings (SSSR count). The number of morpholine rings is 1. The maximum Gasteiger partial charge on any atom is 0.244 e. The first-order valence-corrected chi connectivity index (χ1v) is 7.50. The lowest BCUT2D eigenvalue weighted by Gasteiger charge is -2.31. The summed E-state index contributed by atoms with van der Waals surface area (Å²) in [6.45, 7) is 4.71. The molecule has 0 aromatic heterocycles. The average molecular weight is 432 g/mol. The van der Waals surface area contributed by atoms with E-state index in [2.05, 4.69) is 4.99 Å². The van der Waals surface area contributed by atoms with Crippen molar-refractivity contribution in [3.8, 4) is 0 Å². The number of amides is 1. The van der Waals surface area contributed by atoms with Gasteiger partial charge in [-0.2, -0.15) is 0 Å². The van der Waals surface area contributed by atoms with Crippen molar-refractivity contribution in [2.24, 2.45) is 10.7 Å². The minimum atomic E-state index is -0.0480. The van der Waals surface area contributed by atoms with Gasteiger partial charge in [0.2, 0.25) is 5.91 Å². The summed E-state index contributed by atoms with van der Waals surface area (Å²) in [5.41, 5.74) is 7.06. The number of aliphatic imine (C=N–C) groups is 1. The average Bonchev–Trinajstić information content (AvgIpc) is 2.53. The summed E-state index contributed by atoms with van der Waals surface area (Å²) in [7, 11) is 1.78. The minimum absolute atomic E-state index is 0. The standard InChI is InChI=1S/C16H24N4O2.HI/c1-13-11-20(8-9-22-13)16(17)18-10-15(21)19(2)12-14-6-4-3-5-7-14;/h3-7,13H,8-12H2,1-2H3,(H2,17,18);1H. The summed E-state index contributed by atoms with van der Waals surface area (Å²) in [5.74, 6) is 0.365. The molecule has 0 bridgehead atoms. The number of nitrogens with zero attached hydrogens (tertiary/aromatic N) is 3. The van der Waals surface area contributed by atoms with Gasteiger partial charge in [0, 0.05) is 26.7 Å². The summed E-state index contributed by atoms with van der Waals surface area (Å²) in [5, 5.41) is 0. The van der Waals surface area contributed by atoms with Crippen LogP contribution >= 0.6 is 24.0 Å². The first kappa shape index (κ1) is 19.7. The van der Waals surface area contributed by atoms with E-state index in [0.717, 1.165) is 5.56 Å². The molecular formula is C16H25IN4O2. The number of carbonyl (C=O) groups excluding carboxylic acids is 1. The number of ether oxygens (including phenoxy) is 1. The number of nitrogens with two attached hydrogens (primary N) is 1. The molecule has 1 fully saturated rings. The summed E-state index contributed by atoms with van der Waals surface area (Å²) in [4.78, 5) is 20.0. The Morgan fingerprint density at radius 2 is 2.13 bits per heavy atom. The van der Waals surface area contributed by atoms with Crippen molar-refractivity contribution in [3.05, 3.63) is 35.9 Å². The van der Waals surface area contributed by atoms with Crippen molar-refractivity contribution in [2.45, 2.75) is 19.6 Å². The quantitative estimate of drug-likeness (QED) is 0.443. The molecule has 6 nitrogen and oxygen atoms in total. The second kappa shape index (κ2) is 9.71. The molecule has 128 valence electrons. The summed E-state index contributed by atoms with van der Waals surface area (Å²) < 4.78 is 5.46. The lowest BCUT2D eigenvalue weighted by molar-refractivity contribution is -0.128. The van der Waals surface area contributed by atoms with E-state index in [-0.39, 0.29) is 42.5 Å². The first-order valence-electron chi connectivity index (χ1n) is 7.50. The number of carbonyl (C=O) groups is 1. The Morgan fingerprint density at radius 3 is 2.78 bits per heavy atom. The molecular weight excluding hydrogens is 407 g/mol. The molecule has 1 heterocycles. The Morgan fingerprint density at radius 1 is 1.43 bits per heavy atom. The molecule has 1 aliphatic heterocycles. The van der Waals surface area contributed by atoms with Crippen LogP contribution in [0.1, 0.15) is 12.5 Å². The zero-order valence-corrected chi connectivity index (χ0v) is 16.0. The highest BCUT2D eigenvalue weighted by atomic mass is 127. The lowest BCUT2D eigenvalue weighted by Crippen LogP contribution is -2.48. The Kier molecular flexibility index (Phi) is 8.32. The molecule has 1 aliphatic rings. The van der Waals surface area contributed by atoms with Crippen LogP contribution in [0.3, 0.4) is 0 Å². The van der Waals surface area contributed by atoms with Crippen LogP contribution < -0.4 is 5.73 Å². The van der Waals surface area contributed by atoms with Gasteiger partial charge in [0.05, 0.1) is 12.7 Å². The first-order chi connectivity index (χ1) is 10.6. The van der Waals surface area contributed by atoms with Crippen molar-refractivity contribution in [1.82, 2.24) is 9.80 Å². The number of hydrogen-bond donors (Lipinski definition) is 1. The number of likely N-dealkylation sites (N-methyl/N-ethyl adjacent to an activating group) is 1. The highest BCUT2D eigenvalue weighted by molar-refractivity contribution is 14.0.